The van der Waals surface area contributed by atoms with Crippen LogP contribution in [-0.4, -0.2) is 62.3 Å². The van der Waals surface area contributed by atoms with Crippen molar-refractivity contribution < 1.29 is 32.2 Å². The van der Waals surface area contributed by atoms with Gasteiger partial charge in [-0.1, -0.05) is 24.3 Å². The first-order valence-corrected chi connectivity index (χ1v) is 11.3. The van der Waals surface area contributed by atoms with Crippen LogP contribution in [0.15, 0.2) is 24.3 Å². The number of sulfone groups is 2. The Morgan fingerprint density at radius 1 is 1.12 bits per heavy atom. The molecular formula is C14H21NO7S2. The minimum absolute atomic E-state index is 0.207. The summed E-state index contributed by atoms with van der Waals surface area (Å²) in [6.45, 7) is 0. The lowest BCUT2D eigenvalue weighted by Crippen LogP contribution is -2.53. The molecule has 0 bridgehead atoms. The SMILES string of the molecule is CS(=O)(=O)CC(O)C(CS(C)(=O)=O)C1(O)NC(O)c2ccccc21. The molecule has 4 unspecified atom stereocenters. The second-order valence-corrected chi connectivity index (χ2v) is 10.6. The van der Waals surface area contributed by atoms with Crippen LogP contribution in [-0.2, 0) is 25.4 Å². The molecule has 1 aliphatic heterocycles. The molecule has 4 atom stereocenters. The normalized spacial score (nSPS) is 26.8. The number of aliphatic hydroxyl groups excluding tert-OH is 2. The molecule has 10 heteroatoms. The minimum atomic E-state index is -3.66. The minimum Gasteiger partial charge on any atom is -0.392 e. The molecule has 8 nitrogen and oxygen atoms in total. The van der Waals surface area contributed by atoms with Crippen molar-refractivity contribution in [3.63, 3.8) is 0 Å². The summed E-state index contributed by atoms with van der Waals surface area (Å²) in [6, 6.07) is 6.25. The summed E-state index contributed by atoms with van der Waals surface area (Å²) in [5.74, 6) is -2.76. The summed E-state index contributed by atoms with van der Waals surface area (Å²) in [6.07, 6.45) is -1.08. The van der Waals surface area contributed by atoms with E-state index in [-0.39, 0.29) is 5.56 Å². The van der Waals surface area contributed by atoms with Crippen LogP contribution in [0, 0.1) is 5.92 Å². The van der Waals surface area contributed by atoms with Gasteiger partial charge in [-0.15, -0.1) is 0 Å². The number of nitrogens with one attached hydrogen (secondary N) is 1. The Bertz CT molecular complexity index is 821. The molecule has 0 saturated carbocycles. The van der Waals surface area contributed by atoms with Crippen LogP contribution >= 0.6 is 0 Å². The van der Waals surface area contributed by atoms with Crippen molar-refractivity contribution in [1.82, 2.24) is 5.32 Å². The highest BCUT2D eigenvalue weighted by atomic mass is 32.2. The van der Waals surface area contributed by atoms with Crippen LogP contribution in [0.1, 0.15) is 17.4 Å². The van der Waals surface area contributed by atoms with E-state index in [0.717, 1.165) is 12.5 Å². The quantitative estimate of drug-likeness (QED) is 0.468. The summed E-state index contributed by atoms with van der Waals surface area (Å²) >= 11 is 0. The summed E-state index contributed by atoms with van der Waals surface area (Å²) in [5.41, 5.74) is -1.54. The largest absolute Gasteiger partial charge is 0.392 e. The maximum Gasteiger partial charge on any atom is 0.151 e. The van der Waals surface area contributed by atoms with Crippen LogP contribution < -0.4 is 5.32 Å². The van der Waals surface area contributed by atoms with E-state index in [1.54, 1.807) is 18.2 Å². The van der Waals surface area contributed by atoms with Gasteiger partial charge in [-0.3, -0.25) is 5.32 Å². The molecule has 2 rings (SSSR count). The average Bonchev–Trinajstić information content (AvgIpc) is 2.67. The molecule has 0 saturated heterocycles. The van der Waals surface area contributed by atoms with Crippen molar-refractivity contribution in [3.05, 3.63) is 35.4 Å². The van der Waals surface area contributed by atoms with Gasteiger partial charge in [0.15, 0.2) is 5.72 Å². The van der Waals surface area contributed by atoms with Gasteiger partial charge in [0.25, 0.3) is 0 Å². The third kappa shape index (κ3) is 4.13. The second-order valence-electron chi connectivity index (χ2n) is 6.26. The lowest BCUT2D eigenvalue weighted by atomic mass is 9.87. The van der Waals surface area contributed by atoms with Gasteiger partial charge in [-0.25, -0.2) is 16.8 Å². The number of aliphatic hydroxyl groups is 3. The fourth-order valence-corrected chi connectivity index (χ4v) is 4.98. The summed E-state index contributed by atoms with van der Waals surface area (Å²) in [7, 11) is -7.27. The molecule has 1 heterocycles. The van der Waals surface area contributed by atoms with E-state index in [0.29, 0.717) is 5.56 Å². The number of rotatable bonds is 6. The van der Waals surface area contributed by atoms with Crippen molar-refractivity contribution in [1.29, 1.82) is 0 Å². The number of fused-ring (bicyclic) bond motifs is 1. The van der Waals surface area contributed by atoms with Crippen LogP contribution in [0.3, 0.4) is 0 Å². The molecule has 24 heavy (non-hydrogen) atoms. The monoisotopic (exact) mass is 379 g/mol. The maximum atomic E-state index is 11.7. The lowest BCUT2D eigenvalue weighted by molar-refractivity contribution is -0.101. The Balaban J connectivity index is 2.51. The fourth-order valence-electron chi connectivity index (χ4n) is 3.02. The average molecular weight is 379 g/mol. The van der Waals surface area contributed by atoms with E-state index >= 15 is 0 Å². The highest BCUT2D eigenvalue weighted by molar-refractivity contribution is 7.91. The topological polar surface area (TPSA) is 141 Å². The van der Waals surface area contributed by atoms with E-state index in [2.05, 4.69) is 5.32 Å². The fraction of sp³-hybridized carbons (Fsp3) is 0.571. The lowest BCUT2D eigenvalue weighted by Gasteiger charge is -2.36. The molecule has 0 amide bonds. The predicted molar refractivity (Wildman–Crippen MR) is 87.4 cm³/mol. The van der Waals surface area contributed by atoms with Crippen molar-refractivity contribution in [3.8, 4) is 0 Å². The third-order valence-corrected chi connectivity index (χ3v) is 5.89. The Kier molecular flexibility index (Phi) is 5.11. The molecule has 1 aromatic rings. The van der Waals surface area contributed by atoms with Gasteiger partial charge < -0.3 is 15.3 Å². The summed E-state index contributed by atoms with van der Waals surface area (Å²) in [5, 5.41) is 33.9. The van der Waals surface area contributed by atoms with Crippen LogP contribution in [0.25, 0.3) is 0 Å². The Hall–Kier alpha value is -1.04. The van der Waals surface area contributed by atoms with E-state index in [9.17, 15) is 32.2 Å². The van der Waals surface area contributed by atoms with E-state index in [4.69, 9.17) is 0 Å². The van der Waals surface area contributed by atoms with Gasteiger partial charge in [0, 0.05) is 29.6 Å². The zero-order valence-corrected chi connectivity index (χ0v) is 14.9. The third-order valence-electron chi connectivity index (χ3n) is 3.98. The molecule has 0 fully saturated rings. The molecule has 4 N–H and O–H groups in total. The zero-order valence-electron chi connectivity index (χ0n) is 13.2. The van der Waals surface area contributed by atoms with Crippen LogP contribution in [0.4, 0.5) is 0 Å². The number of benzene rings is 1. The van der Waals surface area contributed by atoms with Gasteiger partial charge in [0.1, 0.15) is 25.9 Å². The highest BCUT2D eigenvalue weighted by Crippen LogP contribution is 2.41. The smallest absolute Gasteiger partial charge is 0.151 e. The van der Waals surface area contributed by atoms with Gasteiger partial charge in [0.2, 0.25) is 0 Å². The molecule has 0 aliphatic carbocycles. The molecule has 1 aromatic carbocycles. The first kappa shape index (κ1) is 19.3. The van der Waals surface area contributed by atoms with Gasteiger partial charge >= 0.3 is 0 Å². The Labute approximate surface area is 141 Å². The van der Waals surface area contributed by atoms with Gasteiger partial charge in [-0.05, 0) is 0 Å². The maximum absolute atomic E-state index is 11.7. The molecular weight excluding hydrogens is 358 g/mol. The number of hydrogen-bond acceptors (Lipinski definition) is 8. The standard InChI is InChI=1S/C14H21NO7S2/c1-23(19,20)7-11(12(16)8-24(2,21)22)14(18)10-6-4-3-5-9(10)13(17)15-14/h3-6,11-13,15-18H,7-8H2,1-2H3. The predicted octanol–water partition coefficient (Wildman–Crippen LogP) is -1.51. The summed E-state index contributed by atoms with van der Waals surface area (Å²) in [4.78, 5) is 0. The molecule has 0 radical (unpaired) electrons. The second kappa shape index (κ2) is 6.36. The first-order valence-electron chi connectivity index (χ1n) is 7.14. The van der Waals surface area contributed by atoms with Crippen LogP contribution in [0.5, 0.6) is 0 Å². The Morgan fingerprint density at radius 2 is 1.67 bits per heavy atom. The van der Waals surface area contributed by atoms with E-state index < -0.39 is 55.2 Å². The van der Waals surface area contributed by atoms with Gasteiger partial charge in [-0.2, -0.15) is 0 Å². The highest BCUT2D eigenvalue weighted by Gasteiger charge is 2.51. The zero-order chi connectivity index (χ0) is 18.3. The van der Waals surface area contributed by atoms with Crippen molar-refractivity contribution >= 4 is 19.7 Å². The number of hydrogen-bond donors (Lipinski definition) is 4. The van der Waals surface area contributed by atoms with E-state index in [1.807, 2.05) is 0 Å². The summed E-state index contributed by atoms with van der Waals surface area (Å²) < 4.78 is 46.4. The van der Waals surface area contributed by atoms with Crippen molar-refractivity contribution in [2.45, 2.75) is 18.1 Å². The van der Waals surface area contributed by atoms with Crippen molar-refractivity contribution in [2.75, 3.05) is 24.0 Å². The van der Waals surface area contributed by atoms with Crippen molar-refractivity contribution in [2.24, 2.45) is 5.92 Å². The van der Waals surface area contributed by atoms with E-state index in [1.165, 1.54) is 6.07 Å². The van der Waals surface area contributed by atoms with Crippen LogP contribution in [0.2, 0.25) is 0 Å². The molecule has 0 aromatic heterocycles. The first-order chi connectivity index (χ1) is 10.8. The Morgan fingerprint density at radius 3 is 2.21 bits per heavy atom. The van der Waals surface area contributed by atoms with Gasteiger partial charge in [0.05, 0.1) is 17.6 Å². The molecule has 1 aliphatic rings. The molecule has 0 spiro atoms. The molecule has 136 valence electrons.